The van der Waals surface area contributed by atoms with Crippen molar-refractivity contribution in [2.75, 3.05) is 13.2 Å². The summed E-state index contributed by atoms with van der Waals surface area (Å²) in [5, 5.41) is 153. The second kappa shape index (κ2) is 23.2. The van der Waals surface area contributed by atoms with Gasteiger partial charge in [0.15, 0.2) is 37.4 Å². The highest BCUT2D eigenvalue weighted by molar-refractivity contribution is 5.80. The maximum Gasteiger partial charge on any atom is 0.335 e. The van der Waals surface area contributed by atoms with Crippen LogP contribution in [0.1, 0.15) is 120 Å². The summed E-state index contributed by atoms with van der Waals surface area (Å²) < 4.78 is 60.2. The van der Waals surface area contributed by atoms with Gasteiger partial charge in [-0.25, -0.2) is 4.79 Å². The first kappa shape index (κ1) is 64.8. The molecule has 0 radical (unpaired) electrons. The lowest BCUT2D eigenvalue weighted by Gasteiger charge is -2.71. The molecule has 26 heteroatoms. The Bertz CT molecular complexity index is 2410. The molecule has 32 atom stereocenters. The van der Waals surface area contributed by atoms with E-state index < -0.39 is 206 Å². The number of fused-ring (bicyclic) bond motifs is 7. The van der Waals surface area contributed by atoms with Crippen LogP contribution < -0.4 is 0 Å². The van der Waals surface area contributed by atoms with Crippen LogP contribution in [0.3, 0.4) is 0 Å². The molecule has 5 saturated heterocycles. The van der Waals surface area contributed by atoms with E-state index >= 15 is 4.79 Å². The number of hydrogen-bond acceptors (Lipinski definition) is 25. The van der Waals surface area contributed by atoms with E-state index in [0.717, 1.165) is 18.4 Å². The third kappa shape index (κ3) is 10.5. The number of carboxylic acid groups (broad SMARTS) is 1. The summed E-state index contributed by atoms with van der Waals surface area (Å²) in [4.78, 5) is 27.7. The number of allylic oxidation sites excluding steroid dienone is 2. The fourth-order valence-electron chi connectivity index (χ4n) is 17.4. The van der Waals surface area contributed by atoms with Crippen molar-refractivity contribution in [2.24, 2.45) is 50.2 Å². The number of hydrogen-bond donors (Lipinski definition) is 14. The maximum absolute atomic E-state index is 15.8. The number of carbonyl (C=O) groups excluding carboxylic acids is 1. The molecule has 0 aromatic rings. The summed E-state index contributed by atoms with van der Waals surface area (Å²) in [7, 11) is 0. The first-order chi connectivity index (χ1) is 39.1. The van der Waals surface area contributed by atoms with Gasteiger partial charge in [-0.05, 0) is 116 Å². The third-order valence-corrected chi connectivity index (χ3v) is 22.7. The van der Waals surface area contributed by atoms with Gasteiger partial charge in [0.05, 0.1) is 37.6 Å². The van der Waals surface area contributed by atoms with Crippen molar-refractivity contribution in [3.63, 3.8) is 0 Å². The van der Waals surface area contributed by atoms with Crippen molar-refractivity contribution >= 4 is 11.9 Å². The summed E-state index contributed by atoms with van der Waals surface area (Å²) in [6.45, 7) is 17.1. The van der Waals surface area contributed by atoms with Gasteiger partial charge >= 0.3 is 11.9 Å². The highest BCUT2D eigenvalue weighted by atomic mass is 16.8. The number of carbonyl (C=O) groups is 2. The Labute approximate surface area is 487 Å². The number of ether oxygens (including phenoxy) is 10. The molecular formula is C58H92O26. The lowest BCUT2D eigenvalue weighted by atomic mass is 9.33. The SMILES string of the molecule is CC1OC(OC2C(O)COC(OC(=O)C34CCC(C)(C)CC3C3=CCC5C6(C)CCC(OC7OC(C(=O)O)C(O)C(O)C7O)C(C)(C)C6CCC5(C)C3(C)CC4O)C2OC2OC(C)C(OC3OCC(O)C(O)C3O)C(O)C2O)C(O)C(O)C1O. The number of esters is 1. The van der Waals surface area contributed by atoms with Crippen molar-refractivity contribution in [1.29, 1.82) is 0 Å². The summed E-state index contributed by atoms with van der Waals surface area (Å²) in [6.07, 6.45) is -33.2. The van der Waals surface area contributed by atoms with Gasteiger partial charge in [-0.15, -0.1) is 0 Å². The topological polar surface area (TPSA) is 410 Å². The van der Waals surface area contributed by atoms with Gasteiger partial charge in [0, 0.05) is 0 Å². The fraction of sp³-hybridized carbons (Fsp3) is 0.931. The molecular weight excluding hydrogens is 1110 g/mol. The molecule has 5 heterocycles. The minimum atomic E-state index is -1.99. The molecule has 5 aliphatic carbocycles. The Morgan fingerprint density at radius 3 is 1.77 bits per heavy atom. The largest absolute Gasteiger partial charge is 0.479 e. The predicted octanol–water partition coefficient (Wildman–Crippen LogP) is -1.81. The monoisotopic (exact) mass is 1200 g/mol. The Morgan fingerprint density at radius 2 is 1.11 bits per heavy atom. The van der Waals surface area contributed by atoms with Crippen LogP contribution in [0.5, 0.6) is 0 Å². The molecule has 0 spiro atoms. The summed E-state index contributed by atoms with van der Waals surface area (Å²) in [6, 6.07) is 0. The van der Waals surface area contributed by atoms with E-state index in [2.05, 4.69) is 54.5 Å². The van der Waals surface area contributed by atoms with Crippen LogP contribution in [0, 0.1) is 50.2 Å². The van der Waals surface area contributed by atoms with Crippen molar-refractivity contribution in [3.8, 4) is 0 Å². The molecule has 9 fully saturated rings. The van der Waals surface area contributed by atoms with Crippen LogP contribution >= 0.6 is 0 Å². The van der Waals surface area contributed by atoms with E-state index in [1.165, 1.54) is 13.8 Å². The molecule has 0 aromatic heterocycles. The Morgan fingerprint density at radius 1 is 0.536 bits per heavy atom. The molecule has 32 unspecified atom stereocenters. The first-order valence-corrected chi connectivity index (χ1v) is 30.0. The molecule has 10 aliphatic rings. The van der Waals surface area contributed by atoms with E-state index in [0.29, 0.717) is 32.1 Å². The second-order valence-corrected chi connectivity index (χ2v) is 28.3. The van der Waals surface area contributed by atoms with Crippen molar-refractivity contribution < 1.29 is 128 Å². The van der Waals surface area contributed by atoms with Gasteiger partial charge in [-0.1, -0.05) is 60.1 Å². The zero-order valence-electron chi connectivity index (χ0n) is 49.2. The number of aliphatic carboxylic acids is 1. The average Bonchev–Trinajstić information content (AvgIpc) is 0.973. The number of carboxylic acids is 1. The first-order valence-electron chi connectivity index (χ1n) is 30.0. The van der Waals surface area contributed by atoms with Crippen LogP contribution in [0.15, 0.2) is 11.6 Å². The van der Waals surface area contributed by atoms with Gasteiger partial charge in [0.2, 0.25) is 6.29 Å². The van der Waals surface area contributed by atoms with Gasteiger partial charge in [-0.2, -0.15) is 0 Å². The average molecular weight is 1210 g/mol. The fourth-order valence-corrected chi connectivity index (χ4v) is 17.4. The minimum Gasteiger partial charge on any atom is -0.479 e. The molecule has 84 heavy (non-hydrogen) atoms. The van der Waals surface area contributed by atoms with Crippen LogP contribution in [0.25, 0.3) is 0 Å². The maximum atomic E-state index is 15.8. The molecule has 0 bridgehead atoms. The quantitative estimate of drug-likeness (QED) is 0.0616. The van der Waals surface area contributed by atoms with E-state index in [1.54, 1.807) is 0 Å². The van der Waals surface area contributed by atoms with Crippen LogP contribution in [-0.4, -0.2) is 250 Å². The van der Waals surface area contributed by atoms with Crippen molar-refractivity contribution in [3.05, 3.63) is 11.6 Å². The third-order valence-electron chi connectivity index (χ3n) is 22.7. The van der Waals surface area contributed by atoms with Crippen molar-refractivity contribution in [2.45, 2.75) is 274 Å². The molecule has 14 N–H and O–H groups in total. The van der Waals surface area contributed by atoms with Gasteiger partial charge < -0.3 is 119 Å². The molecule has 4 saturated carbocycles. The number of aliphatic hydroxyl groups excluding tert-OH is 13. The standard InChI is InChI=1S/C58H92O26/c1-22-32(62)34(64)39(69)48(77-22)81-43-27(60)21-76-51(45(43)83-49-41(71)37(67)42(23(2)78-49)80-47-38(68)33(63)26(59)20-75-47)84-52(74)58-17-16-53(3,4)18-25(58)24-10-11-29-55(7)14-13-31(79-50-40(70)35(65)36(66)44(82-50)46(72)73)54(5,6)28(55)12-15-56(29,8)57(24,9)19-30(58)61/h10,22-23,25-45,47-51,59-71H,11-21H2,1-9H3,(H,72,73). The van der Waals surface area contributed by atoms with E-state index in [1.807, 2.05) is 0 Å². The number of rotatable bonds is 11. The zero-order chi connectivity index (χ0) is 61.5. The van der Waals surface area contributed by atoms with E-state index in [4.69, 9.17) is 47.4 Å². The lowest BCUT2D eigenvalue weighted by molar-refractivity contribution is -0.384. The number of aliphatic hydroxyl groups is 13. The Hall–Kier alpha value is -2.20. The highest BCUT2D eigenvalue weighted by Gasteiger charge is 2.72. The molecule has 480 valence electrons. The van der Waals surface area contributed by atoms with E-state index in [-0.39, 0.29) is 35.5 Å². The van der Waals surface area contributed by atoms with Gasteiger partial charge in [0.25, 0.3) is 0 Å². The van der Waals surface area contributed by atoms with Gasteiger partial charge in [-0.3, -0.25) is 4.79 Å². The normalized spacial score (nSPS) is 54.6. The van der Waals surface area contributed by atoms with Crippen molar-refractivity contribution in [1.82, 2.24) is 0 Å². The Kier molecular flexibility index (Phi) is 17.9. The Balaban J connectivity index is 0.929. The van der Waals surface area contributed by atoms with E-state index in [9.17, 15) is 76.3 Å². The smallest absolute Gasteiger partial charge is 0.335 e. The van der Waals surface area contributed by atoms with Crippen LogP contribution in [0.2, 0.25) is 0 Å². The summed E-state index contributed by atoms with van der Waals surface area (Å²) in [5.74, 6) is -2.79. The second-order valence-electron chi connectivity index (χ2n) is 28.3. The molecule has 0 amide bonds. The summed E-state index contributed by atoms with van der Waals surface area (Å²) in [5.41, 5.74) is -2.80. The predicted molar refractivity (Wildman–Crippen MR) is 283 cm³/mol. The minimum absolute atomic E-state index is 0.0467. The van der Waals surface area contributed by atoms with Crippen LogP contribution in [0.4, 0.5) is 0 Å². The summed E-state index contributed by atoms with van der Waals surface area (Å²) >= 11 is 0. The zero-order valence-corrected chi connectivity index (χ0v) is 49.2. The molecule has 10 rings (SSSR count). The van der Waals surface area contributed by atoms with Gasteiger partial charge in [0.1, 0.15) is 90.9 Å². The molecule has 26 nitrogen and oxygen atoms in total. The highest BCUT2D eigenvalue weighted by Crippen LogP contribution is 2.76. The molecule has 0 aromatic carbocycles. The van der Waals surface area contributed by atoms with Crippen LogP contribution in [-0.2, 0) is 57.0 Å². The lowest BCUT2D eigenvalue weighted by Crippen LogP contribution is -2.68. The molecule has 5 aliphatic heterocycles.